The van der Waals surface area contributed by atoms with E-state index in [0.29, 0.717) is 62.4 Å². The van der Waals surface area contributed by atoms with Crippen LogP contribution in [0.3, 0.4) is 0 Å². The van der Waals surface area contributed by atoms with E-state index in [1.165, 1.54) is 12.1 Å². The zero-order chi connectivity index (χ0) is 27.2. The number of benzene rings is 3. The van der Waals surface area contributed by atoms with Crippen molar-refractivity contribution in [1.29, 1.82) is 0 Å². The molecular formula is C31H31ClFN3O3. The molecule has 2 heterocycles. The third kappa shape index (κ3) is 6.80. The van der Waals surface area contributed by atoms with Gasteiger partial charge in [-0.05, 0) is 59.7 Å². The van der Waals surface area contributed by atoms with E-state index in [9.17, 15) is 9.18 Å². The highest BCUT2D eigenvalue weighted by Crippen LogP contribution is 2.26. The van der Waals surface area contributed by atoms with Gasteiger partial charge in [-0.15, -0.1) is 0 Å². The second-order valence-electron chi connectivity index (χ2n) is 9.62. The minimum atomic E-state index is -0.269. The van der Waals surface area contributed by atoms with Crippen molar-refractivity contribution in [2.45, 2.75) is 19.6 Å². The Balaban J connectivity index is 1.25. The molecule has 5 rings (SSSR count). The summed E-state index contributed by atoms with van der Waals surface area (Å²) in [5, 5.41) is 0.713. The summed E-state index contributed by atoms with van der Waals surface area (Å²) >= 11 is 6.36. The second-order valence-corrected chi connectivity index (χ2v) is 10.0. The third-order valence-electron chi connectivity index (χ3n) is 6.85. The predicted molar refractivity (Wildman–Crippen MR) is 151 cm³/mol. The van der Waals surface area contributed by atoms with Crippen molar-refractivity contribution < 1.29 is 18.3 Å². The fourth-order valence-corrected chi connectivity index (χ4v) is 5.16. The molecule has 1 aromatic heterocycles. The number of rotatable bonds is 9. The lowest BCUT2D eigenvalue weighted by Gasteiger charge is -2.36. The van der Waals surface area contributed by atoms with Gasteiger partial charge in [0.05, 0.1) is 24.4 Å². The van der Waals surface area contributed by atoms with Crippen molar-refractivity contribution in [1.82, 2.24) is 9.80 Å². The van der Waals surface area contributed by atoms with E-state index in [1.807, 2.05) is 65.6 Å². The zero-order valence-corrected chi connectivity index (χ0v) is 22.6. The average Bonchev–Trinajstić information content (AvgIpc) is 3.41. The van der Waals surface area contributed by atoms with Crippen LogP contribution in [0.25, 0.3) is 0 Å². The molecule has 39 heavy (non-hydrogen) atoms. The highest BCUT2D eigenvalue weighted by atomic mass is 35.5. The summed E-state index contributed by atoms with van der Waals surface area (Å²) in [6.07, 6.45) is 0. The average molecular weight is 548 g/mol. The number of carbonyl (C=O) groups is 1. The number of furan rings is 1. The molecule has 0 unspecified atom stereocenters. The van der Waals surface area contributed by atoms with Crippen molar-refractivity contribution in [2.24, 2.45) is 0 Å². The van der Waals surface area contributed by atoms with Gasteiger partial charge in [-0.3, -0.25) is 9.69 Å². The number of methoxy groups -OCH3 is 1. The lowest BCUT2D eigenvalue weighted by atomic mass is 10.1. The number of nitrogens with zero attached hydrogens (tertiary/aromatic N) is 3. The summed E-state index contributed by atoms with van der Waals surface area (Å²) in [6, 6.07) is 25.8. The zero-order valence-electron chi connectivity index (χ0n) is 21.9. The van der Waals surface area contributed by atoms with Gasteiger partial charge < -0.3 is 19.0 Å². The molecule has 8 heteroatoms. The van der Waals surface area contributed by atoms with E-state index >= 15 is 0 Å². The number of halogens is 2. The Morgan fingerprint density at radius 1 is 0.897 bits per heavy atom. The van der Waals surface area contributed by atoms with Gasteiger partial charge in [-0.1, -0.05) is 48.0 Å². The minimum Gasteiger partial charge on any atom is -0.497 e. The maximum atomic E-state index is 13.9. The maximum Gasteiger partial charge on any atom is 0.289 e. The Kier molecular flexibility index (Phi) is 8.49. The molecule has 0 spiro atoms. The Hall–Kier alpha value is -3.81. The van der Waals surface area contributed by atoms with Gasteiger partial charge in [0.1, 0.15) is 17.3 Å². The number of hydrogen-bond acceptors (Lipinski definition) is 5. The number of para-hydroxylation sites is 1. The van der Waals surface area contributed by atoms with Gasteiger partial charge in [0.15, 0.2) is 5.76 Å². The summed E-state index contributed by atoms with van der Waals surface area (Å²) in [5.41, 5.74) is 2.91. The fraction of sp³-hybridized carbons (Fsp3) is 0.258. The molecule has 0 atom stereocenters. The lowest BCUT2D eigenvalue weighted by Crippen LogP contribution is -2.48. The number of carbonyl (C=O) groups excluding carboxylic acids is 1. The van der Waals surface area contributed by atoms with Gasteiger partial charge in [-0.25, -0.2) is 4.39 Å². The first kappa shape index (κ1) is 26.8. The van der Waals surface area contributed by atoms with Gasteiger partial charge in [0.2, 0.25) is 0 Å². The molecule has 1 amide bonds. The highest BCUT2D eigenvalue weighted by Gasteiger charge is 2.25. The molecule has 0 saturated carbocycles. The van der Waals surface area contributed by atoms with E-state index < -0.39 is 0 Å². The summed E-state index contributed by atoms with van der Waals surface area (Å²) in [7, 11) is 1.64. The van der Waals surface area contributed by atoms with E-state index in [0.717, 1.165) is 22.6 Å². The van der Waals surface area contributed by atoms with Crippen molar-refractivity contribution >= 4 is 23.2 Å². The quantitative estimate of drug-likeness (QED) is 0.248. The van der Waals surface area contributed by atoms with Crippen molar-refractivity contribution in [2.75, 3.05) is 38.2 Å². The summed E-state index contributed by atoms with van der Waals surface area (Å²) in [6.45, 7) is 4.14. The number of ether oxygens (including phenoxy) is 1. The molecule has 1 fully saturated rings. The molecule has 0 N–H and O–H groups in total. The van der Waals surface area contributed by atoms with Crippen LogP contribution in [0.15, 0.2) is 89.3 Å². The third-order valence-corrected chi connectivity index (χ3v) is 7.17. The monoisotopic (exact) mass is 547 g/mol. The number of amides is 1. The van der Waals surface area contributed by atoms with Crippen LogP contribution in [0.2, 0.25) is 5.02 Å². The molecule has 0 radical (unpaired) electrons. The first-order valence-electron chi connectivity index (χ1n) is 13.0. The number of hydrogen-bond donors (Lipinski definition) is 0. The van der Waals surface area contributed by atoms with E-state index in [4.69, 9.17) is 20.8 Å². The molecule has 1 saturated heterocycles. The van der Waals surface area contributed by atoms with E-state index in [-0.39, 0.29) is 11.7 Å². The van der Waals surface area contributed by atoms with Crippen molar-refractivity contribution in [3.8, 4) is 5.75 Å². The van der Waals surface area contributed by atoms with Crippen molar-refractivity contribution in [3.63, 3.8) is 0 Å². The van der Waals surface area contributed by atoms with Crippen LogP contribution in [0.5, 0.6) is 5.75 Å². The van der Waals surface area contributed by atoms with Crippen LogP contribution < -0.4 is 9.64 Å². The van der Waals surface area contributed by atoms with Crippen LogP contribution in [0, 0.1) is 5.82 Å². The molecule has 1 aliphatic heterocycles. The molecule has 0 aliphatic carbocycles. The molecule has 202 valence electrons. The Labute approximate surface area is 233 Å². The van der Waals surface area contributed by atoms with E-state index in [2.05, 4.69) is 9.80 Å². The SMILES string of the molecule is COc1cccc(CN(Cc2cccc(F)c2)Cc2ccc(C(=O)N3CCN(c4ccccc4Cl)CC3)o2)c1. The first-order valence-corrected chi connectivity index (χ1v) is 13.3. The molecule has 6 nitrogen and oxygen atoms in total. The van der Waals surface area contributed by atoms with Gasteiger partial charge in [0.25, 0.3) is 5.91 Å². The molecule has 1 aliphatic rings. The summed E-state index contributed by atoms with van der Waals surface area (Å²) < 4.78 is 25.3. The largest absolute Gasteiger partial charge is 0.497 e. The molecule has 3 aromatic carbocycles. The molecule has 0 bridgehead atoms. The van der Waals surface area contributed by atoms with E-state index in [1.54, 1.807) is 19.2 Å². The fourth-order valence-electron chi connectivity index (χ4n) is 4.90. The highest BCUT2D eigenvalue weighted by molar-refractivity contribution is 6.33. The summed E-state index contributed by atoms with van der Waals surface area (Å²) in [4.78, 5) is 19.4. The minimum absolute atomic E-state index is 0.121. The maximum absolute atomic E-state index is 13.9. The lowest BCUT2D eigenvalue weighted by molar-refractivity contribution is 0.0710. The Morgan fingerprint density at radius 2 is 1.62 bits per heavy atom. The smallest absolute Gasteiger partial charge is 0.289 e. The van der Waals surface area contributed by atoms with Crippen LogP contribution in [0.1, 0.15) is 27.4 Å². The van der Waals surface area contributed by atoms with Crippen LogP contribution in [-0.2, 0) is 19.6 Å². The Morgan fingerprint density at radius 3 is 2.33 bits per heavy atom. The number of anilines is 1. The van der Waals surface area contributed by atoms with Gasteiger partial charge in [0, 0.05) is 39.3 Å². The topological polar surface area (TPSA) is 49.2 Å². The molecule has 4 aromatic rings. The van der Waals surface area contributed by atoms with Gasteiger partial charge >= 0.3 is 0 Å². The standard InChI is InChI=1S/C31H31ClFN3O3/c1-38-26-9-5-7-24(19-26)21-34(20-23-6-4-8-25(33)18-23)22-27-12-13-30(39-27)31(37)36-16-14-35(15-17-36)29-11-3-2-10-28(29)32/h2-13,18-19H,14-17,20-22H2,1H3. The van der Waals surface area contributed by atoms with Crippen LogP contribution in [-0.4, -0.2) is 49.0 Å². The predicted octanol–water partition coefficient (Wildman–Crippen LogP) is 6.25. The van der Waals surface area contributed by atoms with Gasteiger partial charge in [-0.2, -0.15) is 0 Å². The number of piperazine rings is 1. The normalized spacial score (nSPS) is 13.6. The summed E-state index contributed by atoms with van der Waals surface area (Å²) in [5.74, 6) is 1.38. The van der Waals surface area contributed by atoms with Crippen LogP contribution >= 0.6 is 11.6 Å². The first-order chi connectivity index (χ1) is 19.0. The van der Waals surface area contributed by atoms with Crippen molar-refractivity contribution in [3.05, 3.63) is 118 Å². The second kappa shape index (κ2) is 12.4. The Bertz CT molecular complexity index is 1420. The molecular weight excluding hydrogens is 517 g/mol. The van der Waals surface area contributed by atoms with Crippen LogP contribution in [0.4, 0.5) is 10.1 Å².